The SMILES string of the molecule is FC(F)(F)c1ccc(Br)cc1NCC1CCCO1. The zero-order valence-corrected chi connectivity index (χ0v) is 11.1. The molecule has 1 fully saturated rings. The van der Waals surface area contributed by atoms with Gasteiger partial charge in [-0.2, -0.15) is 13.2 Å². The highest BCUT2D eigenvalue weighted by Crippen LogP contribution is 2.36. The van der Waals surface area contributed by atoms with Crippen LogP contribution in [-0.4, -0.2) is 19.3 Å². The average Bonchev–Trinajstić information content (AvgIpc) is 2.77. The van der Waals surface area contributed by atoms with Gasteiger partial charge in [-0.15, -0.1) is 0 Å². The Morgan fingerprint density at radius 2 is 2.17 bits per heavy atom. The van der Waals surface area contributed by atoms with Crippen molar-refractivity contribution in [2.24, 2.45) is 0 Å². The Morgan fingerprint density at radius 3 is 2.78 bits per heavy atom. The number of halogens is 4. The van der Waals surface area contributed by atoms with E-state index >= 15 is 0 Å². The first-order valence-electron chi connectivity index (χ1n) is 5.69. The summed E-state index contributed by atoms with van der Waals surface area (Å²) in [5.74, 6) is 0. The number of hydrogen-bond donors (Lipinski definition) is 1. The summed E-state index contributed by atoms with van der Waals surface area (Å²) in [6.45, 7) is 1.09. The van der Waals surface area contributed by atoms with Crippen molar-refractivity contribution < 1.29 is 17.9 Å². The van der Waals surface area contributed by atoms with Crippen LogP contribution in [0.4, 0.5) is 18.9 Å². The Bertz CT molecular complexity index is 416. The van der Waals surface area contributed by atoms with E-state index < -0.39 is 11.7 Å². The molecule has 0 spiro atoms. The van der Waals surface area contributed by atoms with Crippen molar-refractivity contribution in [1.29, 1.82) is 0 Å². The lowest BCUT2D eigenvalue weighted by Crippen LogP contribution is -2.20. The lowest BCUT2D eigenvalue weighted by atomic mass is 10.1. The van der Waals surface area contributed by atoms with E-state index in [0.717, 1.165) is 18.9 Å². The minimum absolute atomic E-state index is 0.00469. The highest BCUT2D eigenvalue weighted by atomic mass is 79.9. The first-order valence-corrected chi connectivity index (χ1v) is 6.48. The number of rotatable bonds is 3. The van der Waals surface area contributed by atoms with Gasteiger partial charge in [0.25, 0.3) is 0 Å². The molecule has 0 bridgehead atoms. The third kappa shape index (κ3) is 3.38. The molecule has 1 N–H and O–H groups in total. The van der Waals surface area contributed by atoms with Gasteiger partial charge in [0.15, 0.2) is 0 Å². The van der Waals surface area contributed by atoms with Crippen LogP contribution in [0.5, 0.6) is 0 Å². The van der Waals surface area contributed by atoms with Gasteiger partial charge in [0.1, 0.15) is 0 Å². The third-order valence-corrected chi connectivity index (χ3v) is 3.32. The molecule has 2 nitrogen and oxygen atoms in total. The van der Waals surface area contributed by atoms with E-state index in [4.69, 9.17) is 4.74 Å². The Hall–Kier alpha value is -0.750. The number of nitrogens with one attached hydrogen (secondary N) is 1. The van der Waals surface area contributed by atoms with Crippen molar-refractivity contribution in [3.05, 3.63) is 28.2 Å². The second kappa shape index (κ2) is 5.48. The molecule has 1 unspecified atom stereocenters. The molecule has 0 aliphatic carbocycles. The van der Waals surface area contributed by atoms with Gasteiger partial charge in [0, 0.05) is 23.3 Å². The maximum absolute atomic E-state index is 12.8. The van der Waals surface area contributed by atoms with Crippen molar-refractivity contribution in [1.82, 2.24) is 0 Å². The van der Waals surface area contributed by atoms with Gasteiger partial charge in [0.05, 0.1) is 11.7 Å². The minimum Gasteiger partial charge on any atom is -0.382 e. The molecule has 1 atom stereocenters. The highest BCUT2D eigenvalue weighted by Gasteiger charge is 2.33. The molecule has 1 aliphatic heterocycles. The van der Waals surface area contributed by atoms with Crippen LogP contribution in [0, 0.1) is 0 Å². The molecule has 1 saturated heterocycles. The lowest BCUT2D eigenvalue weighted by Gasteiger charge is -2.17. The van der Waals surface area contributed by atoms with Gasteiger partial charge in [-0.1, -0.05) is 15.9 Å². The monoisotopic (exact) mass is 323 g/mol. The molecule has 1 heterocycles. The van der Waals surface area contributed by atoms with Gasteiger partial charge in [0.2, 0.25) is 0 Å². The molecule has 1 aromatic carbocycles. The van der Waals surface area contributed by atoms with Gasteiger partial charge in [-0.05, 0) is 31.0 Å². The zero-order chi connectivity index (χ0) is 13.2. The number of hydrogen-bond acceptors (Lipinski definition) is 2. The average molecular weight is 324 g/mol. The van der Waals surface area contributed by atoms with Crippen molar-refractivity contribution >= 4 is 21.6 Å². The molecule has 1 aromatic rings. The number of ether oxygens (including phenoxy) is 1. The molecule has 0 saturated carbocycles. The largest absolute Gasteiger partial charge is 0.418 e. The molecule has 0 amide bonds. The number of alkyl halides is 3. The molecule has 0 aromatic heterocycles. The normalized spacial score (nSPS) is 20.1. The Labute approximate surface area is 112 Å². The first-order chi connectivity index (χ1) is 8.47. The van der Waals surface area contributed by atoms with Crippen molar-refractivity contribution in [3.63, 3.8) is 0 Å². The van der Waals surface area contributed by atoms with Crippen molar-refractivity contribution in [3.8, 4) is 0 Å². The number of anilines is 1. The third-order valence-electron chi connectivity index (χ3n) is 2.83. The summed E-state index contributed by atoms with van der Waals surface area (Å²) < 4.78 is 44.4. The van der Waals surface area contributed by atoms with Gasteiger partial charge in [-0.3, -0.25) is 0 Å². The Balaban J connectivity index is 2.12. The second-order valence-corrected chi connectivity index (χ2v) is 5.12. The smallest absolute Gasteiger partial charge is 0.382 e. The molecule has 2 rings (SSSR count). The van der Waals surface area contributed by atoms with E-state index in [1.54, 1.807) is 0 Å². The van der Waals surface area contributed by atoms with Crippen LogP contribution >= 0.6 is 15.9 Å². The van der Waals surface area contributed by atoms with Crippen LogP contribution in [0.1, 0.15) is 18.4 Å². The molecule has 6 heteroatoms. The molecular formula is C12H13BrF3NO. The van der Waals surface area contributed by atoms with E-state index in [1.807, 2.05) is 0 Å². The molecular weight excluding hydrogens is 311 g/mol. The minimum atomic E-state index is -4.35. The second-order valence-electron chi connectivity index (χ2n) is 4.20. The summed E-state index contributed by atoms with van der Waals surface area (Å²) in [7, 11) is 0. The van der Waals surface area contributed by atoms with Crippen LogP contribution in [-0.2, 0) is 10.9 Å². The van der Waals surface area contributed by atoms with Crippen molar-refractivity contribution in [2.75, 3.05) is 18.5 Å². The summed E-state index contributed by atoms with van der Waals surface area (Å²) in [4.78, 5) is 0. The maximum atomic E-state index is 12.8. The summed E-state index contributed by atoms with van der Waals surface area (Å²) in [5.41, 5.74) is -0.559. The predicted molar refractivity (Wildman–Crippen MR) is 66.6 cm³/mol. The Kier molecular flexibility index (Phi) is 4.17. The van der Waals surface area contributed by atoms with E-state index in [1.165, 1.54) is 12.1 Å². The van der Waals surface area contributed by atoms with Crippen LogP contribution in [0.3, 0.4) is 0 Å². The first kappa shape index (κ1) is 13.7. The molecule has 1 aliphatic rings. The quantitative estimate of drug-likeness (QED) is 0.905. The maximum Gasteiger partial charge on any atom is 0.418 e. The summed E-state index contributed by atoms with van der Waals surface area (Å²) in [5, 5.41) is 2.83. The lowest BCUT2D eigenvalue weighted by molar-refractivity contribution is -0.137. The van der Waals surface area contributed by atoms with Crippen LogP contribution in [0.2, 0.25) is 0 Å². The van der Waals surface area contributed by atoms with Crippen LogP contribution in [0.25, 0.3) is 0 Å². The fraction of sp³-hybridized carbons (Fsp3) is 0.500. The summed E-state index contributed by atoms with van der Waals surface area (Å²) in [6.07, 6.45) is -2.48. The van der Waals surface area contributed by atoms with E-state index in [2.05, 4.69) is 21.2 Å². The molecule has 18 heavy (non-hydrogen) atoms. The van der Waals surface area contributed by atoms with Gasteiger partial charge in [-0.25, -0.2) is 0 Å². The van der Waals surface area contributed by atoms with E-state index in [0.29, 0.717) is 17.6 Å². The van der Waals surface area contributed by atoms with Gasteiger partial charge < -0.3 is 10.1 Å². The number of benzene rings is 1. The fourth-order valence-electron chi connectivity index (χ4n) is 1.94. The van der Waals surface area contributed by atoms with Crippen LogP contribution in [0.15, 0.2) is 22.7 Å². The fourth-order valence-corrected chi connectivity index (χ4v) is 2.30. The van der Waals surface area contributed by atoms with Gasteiger partial charge >= 0.3 is 6.18 Å². The standard InChI is InChI=1S/C12H13BrF3NO/c13-8-3-4-10(12(14,15)16)11(6-8)17-7-9-2-1-5-18-9/h3-4,6,9,17H,1-2,5,7H2. The van der Waals surface area contributed by atoms with Crippen molar-refractivity contribution in [2.45, 2.75) is 25.1 Å². The topological polar surface area (TPSA) is 21.3 Å². The molecule has 100 valence electrons. The zero-order valence-electron chi connectivity index (χ0n) is 9.56. The highest BCUT2D eigenvalue weighted by molar-refractivity contribution is 9.10. The predicted octanol–water partition coefficient (Wildman–Crippen LogP) is 4.06. The summed E-state index contributed by atoms with van der Waals surface area (Å²) in [6, 6.07) is 3.90. The Morgan fingerprint density at radius 1 is 1.39 bits per heavy atom. The summed E-state index contributed by atoms with van der Waals surface area (Å²) >= 11 is 3.18. The van der Waals surface area contributed by atoms with Crippen LogP contribution < -0.4 is 5.32 Å². The van der Waals surface area contributed by atoms with E-state index in [9.17, 15) is 13.2 Å². The molecule has 0 radical (unpaired) electrons. The van der Waals surface area contributed by atoms with E-state index in [-0.39, 0.29) is 11.8 Å².